The fraction of sp³-hybridized carbons (Fsp3) is 1.00. The van der Waals surface area contributed by atoms with E-state index in [1.54, 1.807) is 0 Å². The van der Waals surface area contributed by atoms with E-state index in [1.807, 2.05) is 13.8 Å². The van der Waals surface area contributed by atoms with Crippen molar-refractivity contribution in [2.75, 3.05) is 0 Å². The fourth-order valence-electron chi connectivity index (χ4n) is 0. The van der Waals surface area contributed by atoms with E-state index in [0.29, 0.717) is 0 Å². The Bertz CT molecular complexity index is 3.90. The van der Waals surface area contributed by atoms with Gasteiger partial charge in [0.2, 0.25) is 0 Å². The van der Waals surface area contributed by atoms with Gasteiger partial charge in [-0.05, 0) is 0 Å². The first kappa shape index (κ1) is 15.7. The molecule has 0 aromatic heterocycles. The second-order valence-corrected chi connectivity index (χ2v) is 0.707. The second-order valence-electron chi connectivity index (χ2n) is 0.707. The molecule has 0 rings (SSSR count). The van der Waals surface area contributed by atoms with Crippen LogP contribution in [0.15, 0.2) is 0 Å². The van der Waals surface area contributed by atoms with Gasteiger partial charge in [0.25, 0.3) is 0 Å². The molecule has 42 valence electrons. The van der Waals surface area contributed by atoms with Gasteiger partial charge in [0.05, 0.1) is 0 Å². The summed E-state index contributed by atoms with van der Waals surface area (Å²) < 4.78 is 0. The molecular formula is C5H14Ar. The van der Waals surface area contributed by atoms with Crippen LogP contribution in [0.4, 0.5) is 0 Å². The molecule has 0 radical (unpaired) electrons. The Morgan fingerprint density at radius 1 is 1.00 bits per heavy atom. The largest absolute Gasteiger partial charge is 0.0683 e. The Kier molecular flexibility index (Phi) is 88.6. The summed E-state index contributed by atoms with van der Waals surface area (Å²) in [6.45, 7) is 8.25. The minimum absolute atomic E-state index is 0. The minimum Gasteiger partial charge on any atom is -0.0683 e. The van der Waals surface area contributed by atoms with E-state index in [0.717, 1.165) is 0 Å². The van der Waals surface area contributed by atoms with Gasteiger partial charge in [-0.2, -0.15) is 0 Å². The number of hydrogen-bond acceptors (Lipinski definition) is 0. The second kappa shape index (κ2) is 33.9. The van der Waals surface area contributed by atoms with E-state index in [-0.39, 0.29) is 37.7 Å². The van der Waals surface area contributed by atoms with Crippen molar-refractivity contribution < 1.29 is 37.7 Å². The van der Waals surface area contributed by atoms with E-state index >= 15 is 0 Å². The Hall–Kier alpha value is 1.26. The summed E-state index contributed by atoms with van der Waals surface area (Å²) in [6, 6.07) is 0. The quantitative estimate of drug-likeness (QED) is 0.453. The van der Waals surface area contributed by atoms with Gasteiger partial charge in [-0.3, -0.25) is 0 Å². The van der Waals surface area contributed by atoms with Gasteiger partial charge in [-0.25, -0.2) is 0 Å². The molecule has 0 fully saturated rings. The summed E-state index contributed by atoms with van der Waals surface area (Å²) in [6.07, 6.45) is 1.25. The van der Waals surface area contributed by atoms with E-state index in [1.165, 1.54) is 6.42 Å². The summed E-state index contributed by atoms with van der Waals surface area (Å²) in [5.74, 6) is 0. The summed E-state index contributed by atoms with van der Waals surface area (Å²) in [7, 11) is 0. The van der Waals surface area contributed by atoms with Gasteiger partial charge in [-0.1, -0.05) is 34.1 Å². The van der Waals surface area contributed by atoms with Crippen LogP contribution < -0.4 is 0 Å². The van der Waals surface area contributed by atoms with Gasteiger partial charge >= 0.3 is 0 Å². The first-order valence-electron chi connectivity index (χ1n) is 2.41. The van der Waals surface area contributed by atoms with E-state index < -0.39 is 0 Å². The van der Waals surface area contributed by atoms with Crippen LogP contribution in [0.25, 0.3) is 0 Å². The first-order chi connectivity index (χ1) is 2.41. The maximum absolute atomic E-state index is 2.12. The van der Waals surface area contributed by atoms with Crippen molar-refractivity contribution in [3.63, 3.8) is 0 Å². The minimum atomic E-state index is 0. The van der Waals surface area contributed by atoms with Crippen LogP contribution in [0.3, 0.4) is 0 Å². The Morgan fingerprint density at radius 3 is 1.00 bits per heavy atom. The maximum atomic E-state index is 2.12. The van der Waals surface area contributed by atoms with Crippen LogP contribution in [0, 0.1) is 37.7 Å². The first-order valence-corrected chi connectivity index (χ1v) is 2.41. The van der Waals surface area contributed by atoms with Gasteiger partial charge in [0.15, 0.2) is 0 Å². The van der Waals surface area contributed by atoms with Crippen molar-refractivity contribution in [3.05, 3.63) is 0 Å². The van der Waals surface area contributed by atoms with Gasteiger partial charge in [-0.15, -0.1) is 0 Å². The smallest absolute Gasteiger partial charge is 0 e. The third-order valence-electron chi connectivity index (χ3n) is 0. The average Bonchev–Trinajstić information content (AvgIpc) is 1.46. The summed E-state index contributed by atoms with van der Waals surface area (Å²) >= 11 is 0. The molecule has 0 heterocycles. The van der Waals surface area contributed by atoms with Crippen LogP contribution in [0.1, 0.15) is 34.1 Å². The molecule has 1 heteroatoms. The topological polar surface area (TPSA) is 0 Å². The van der Waals surface area contributed by atoms with Crippen molar-refractivity contribution in [1.29, 1.82) is 0 Å². The van der Waals surface area contributed by atoms with Crippen molar-refractivity contribution in [2.45, 2.75) is 34.1 Å². The third kappa shape index (κ3) is 60.1. The van der Waals surface area contributed by atoms with Crippen LogP contribution in [-0.2, 0) is 0 Å². The zero-order chi connectivity index (χ0) is 4.71. The summed E-state index contributed by atoms with van der Waals surface area (Å²) in [5, 5.41) is 0. The van der Waals surface area contributed by atoms with E-state index in [4.69, 9.17) is 0 Å². The molecule has 0 aromatic rings. The maximum Gasteiger partial charge on any atom is 0 e. The Balaban J connectivity index is -0.0000000275. The molecule has 0 spiro atoms. The molecule has 0 aliphatic rings. The molecule has 0 amide bonds. The number of rotatable bonds is 0. The van der Waals surface area contributed by atoms with Crippen molar-refractivity contribution in [3.8, 4) is 0 Å². The monoisotopic (exact) mass is 114 g/mol. The standard InChI is InChI=1S/C3H8.C2H6.Ar/c1-3-2;1-2;/h3H2,1-2H3;1-2H3;. The van der Waals surface area contributed by atoms with Crippen molar-refractivity contribution >= 4 is 0 Å². The molecule has 0 N–H and O–H groups in total. The number of hydrogen-bond donors (Lipinski definition) is 0. The zero-order valence-corrected chi connectivity index (χ0v) is 5.77. The molecule has 0 aliphatic carbocycles. The third-order valence-corrected chi connectivity index (χ3v) is 0. The van der Waals surface area contributed by atoms with Gasteiger partial charge in [0, 0.05) is 37.7 Å². The zero-order valence-electron chi connectivity index (χ0n) is 5.06. The van der Waals surface area contributed by atoms with Crippen molar-refractivity contribution in [2.24, 2.45) is 0 Å². The molecular weight excluding hydrogens is 100 g/mol. The van der Waals surface area contributed by atoms with Crippen LogP contribution >= 0.6 is 0 Å². The van der Waals surface area contributed by atoms with Gasteiger partial charge < -0.3 is 0 Å². The molecule has 0 saturated heterocycles. The SMILES string of the molecule is CC.CCC.[Ar]. The molecule has 0 unspecified atom stereocenters. The molecule has 0 bridgehead atoms. The fourth-order valence-corrected chi connectivity index (χ4v) is 0. The van der Waals surface area contributed by atoms with Gasteiger partial charge in [0.1, 0.15) is 0 Å². The van der Waals surface area contributed by atoms with Crippen LogP contribution in [0.5, 0.6) is 0 Å². The van der Waals surface area contributed by atoms with E-state index in [2.05, 4.69) is 13.8 Å². The molecule has 0 atom stereocenters. The molecule has 0 aromatic carbocycles. The van der Waals surface area contributed by atoms with Crippen LogP contribution in [0.2, 0.25) is 0 Å². The predicted octanol–water partition coefficient (Wildman–Crippen LogP) is 2.44. The summed E-state index contributed by atoms with van der Waals surface area (Å²) in [5.41, 5.74) is 0. The van der Waals surface area contributed by atoms with Crippen molar-refractivity contribution in [1.82, 2.24) is 0 Å². The molecule has 0 nitrogen and oxygen atoms in total. The Morgan fingerprint density at radius 2 is 1.00 bits per heavy atom. The van der Waals surface area contributed by atoms with Crippen LogP contribution in [-0.4, -0.2) is 0 Å². The summed E-state index contributed by atoms with van der Waals surface area (Å²) in [4.78, 5) is 0. The van der Waals surface area contributed by atoms with E-state index in [9.17, 15) is 0 Å². The average molecular weight is 114 g/mol. The predicted molar refractivity (Wildman–Crippen MR) is 27.3 cm³/mol. The normalized spacial score (nSPS) is 4.00. The molecule has 6 heavy (non-hydrogen) atoms. The molecule has 0 aliphatic heterocycles. The Labute approximate surface area is 71.3 Å². The molecule has 0 saturated carbocycles.